The molecule has 48 valence electrons. The van der Waals surface area contributed by atoms with E-state index in [2.05, 4.69) is 15.5 Å². The van der Waals surface area contributed by atoms with Crippen molar-refractivity contribution in [3.63, 3.8) is 0 Å². The Morgan fingerprint density at radius 2 is 2.44 bits per heavy atom. The van der Waals surface area contributed by atoms with Crippen LogP contribution in [0.3, 0.4) is 0 Å². The molecule has 0 radical (unpaired) electrons. The second kappa shape index (κ2) is 1.69. The summed E-state index contributed by atoms with van der Waals surface area (Å²) in [6.07, 6.45) is 0. The Labute approximate surface area is 49.6 Å². The lowest BCUT2D eigenvalue weighted by atomic mass is 10.6. The topological polar surface area (TPSA) is 114 Å². The second-order valence-corrected chi connectivity index (χ2v) is 1.31. The largest absolute Gasteiger partial charge is 0.409 e. The predicted octanol–water partition coefficient (Wildman–Crippen LogP) is -1.81. The van der Waals surface area contributed by atoms with Crippen LogP contribution in [-0.2, 0) is 0 Å². The zero-order valence-electron chi connectivity index (χ0n) is 4.31. The Hall–Kier alpha value is -1.66. The van der Waals surface area contributed by atoms with Crippen molar-refractivity contribution >= 4 is 5.84 Å². The Balaban J connectivity index is 3.08. The highest BCUT2D eigenvalue weighted by atomic mass is 16.5. The van der Waals surface area contributed by atoms with Gasteiger partial charge >= 0.3 is 0 Å². The molecule has 0 aliphatic heterocycles. The third-order valence-electron chi connectivity index (χ3n) is 0.695. The molecule has 1 aromatic heterocycles. The van der Waals surface area contributed by atoms with Crippen molar-refractivity contribution in [3.05, 3.63) is 5.82 Å². The molecule has 0 aliphatic carbocycles. The Kier molecular flexibility index (Phi) is 1.03. The lowest BCUT2D eigenvalue weighted by molar-refractivity contribution is 0.141. The van der Waals surface area contributed by atoms with E-state index >= 15 is 0 Å². The van der Waals surface area contributed by atoms with E-state index in [4.69, 9.17) is 16.4 Å². The number of nitrogens with two attached hydrogens (primary N) is 1. The Morgan fingerprint density at radius 3 is 2.67 bits per heavy atom. The minimum atomic E-state index is -0.373. The van der Waals surface area contributed by atoms with Gasteiger partial charge in [-0.05, 0) is 10.4 Å². The number of nitrogens with one attached hydrogen (secondary N) is 1. The summed E-state index contributed by atoms with van der Waals surface area (Å²) < 4.78 is 0. The van der Waals surface area contributed by atoms with Crippen molar-refractivity contribution in [2.75, 3.05) is 0 Å². The van der Waals surface area contributed by atoms with Crippen LogP contribution in [0.15, 0.2) is 0 Å². The van der Waals surface area contributed by atoms with Crippen molar-refractivity contribution in [3.8, 4) is 0 Å². The number of hydrogen-bond acceptors (Lipinski definition) is 5. The molecule has 0 aromatic carbocycles. The van der Waals surface area contributed by atoms with Crippen LogP contribution in [0.5, 0.6) is 0 Å². The average molecular weight is 128 g/mol. The highest BCUT2D eigenvalue weighted by molar-refractivity contribution is 5.90. The summed E-state index contributed by atoms with van der Waals surface area (Å²) >= 11 is 0. The highest BCUT2D eigenvalue weighted by Gasteiger charge is 2.05. The van der Waals surface area contributed by atoms with Gasteiger partial charge in [0.05, 0.1) is 0 Å². The molecule has 0 bridgehead atoms. The maximum absolute atomic E-state index is 8.58. The van der Waals surface area contributed by atoms with E-state index in [1.807, 2.05) is 0 Å². The molecule has 0 unspecified atom stereocenters. The first-order valence-electron chi connectivity index (χ1n) is 2.04. The SMILES string of the molecule is N=C(N)c1nnnn1O. The fourth-order valence-corrected chi connectivity index (χ4v) is 0.344. The van der Waals surface area contributed by atoms with E-state index in [0.717, 1.165) is 0 Å². The van der Waals surface area contributed by atoms with Crippen molar-refractivity contribution in [2.45, 2.75) is 0 Å². The van der Waals surface area contributed by atoms with Gasteiger partial charge < -0.3 is 10.9 Å². The average Bonchev–Trinajstić information content (AvgIpc) is 2.13. The van der Waals surface area contributed by atoms with Crippen LogP contribution >= 0.6 is 0 Å². The summed E-state index contributed by atoms with van der Waals surface area (Å²) in [4.78, 5) is 0.336. The van der Waals surface area contributed by atoms with Crippen LogP contribution in [0, 0.1) is 5.41 Å². The maximum atomic E-state index is 8.58. The molecule has 1 aromatic rings. The standard InChI is InChI=1S/C2H4N6O/c3-1(4)2-5-6-7-8(2)9/h9H,(H3,3,4). The minimum Gasteiger partial charge on any atom is -0.409 e. The number of nitrogen functional groups attached to an aromatic ring is 1. The minimum absolute atomic E-state index is 0.157. The van der Waals surface area contributed by atoms with Crippen LogP contribution in [0.4, 0.5) is 0 Å². The van der Waals surface area contributed by atoms with Gasteiger partial charge in [0, 0.05) is 0 Å². The normalized spacial score (nSPS) is 9.33. The molecule has 1 rings (SSSR count). The van der Waals surface area contributed by atoms with Gasteiger partial charge in [-0.2, -0.15) is 0 Å². The zero-order chi connectivity index (χ0) is 6.85. The molecule has 0 saturated carbocycles. The van der Waals surface area contributed by atoms with Crippen molar-refractivity contribution in [1.82, 2.24) is 20.4 Å². The monoisotopic (exact) mass is 128 g/mol. The summed E-state index contributed by atoms with van der Waals surface area (Å²) in [6, 6.07) is 0. The summed E-state index contributed by atoms with van der Waals surface area (Å²) in [5.74, 6) is -0.530. The molecule has 1 heterocycles. The summed E-state index contributed by atoms with van der Waals surface area (Å²) in [7, 11) is 0. The Morgan fingerprint density at radius 1 is 1.78 bits per heavy atom. The van der Waals surface area contributed by atoms with Gasteiger partial charge in [0.25, 0.3) is 5.82 Å². The van der Waals surface area contributed by atoms with Gasteiger partial charge in [0.15, 0.2) is 5.84 Å². The highest BCUT2D eigenvalue weighted by Crippen LogP contribution is 1.81. The number of aromatic nitrogens is 4. The van der Waals surface area contributed by atoms with E-state index < -0.39 is 0 Å². The Bertz CT molecular complexity index is 227. The summed E-state index contributed by atoms with van der Waals surface area (Å²) in [6.45, 7) is 0. The van der Waals surface area contributed by atoms with Crippen molar-refractivity contribution < 1.29 is 5.21 Å². The molecule has 0 fully saturated rings. The van der Waals surface area contributed by atoms with Gasteiger partial charge in [-0.3, -0.25) is 5.41 Å². The van der Waals surface area contributed by atoms with Gasteiger partial charge in [0.2, 0.25) is 0 Å². The molecule has 0 saturated heterocycles. The number of nitrogens with zero attached hydrogens (tertiary/aromatic N) is 4. The van der Waals surface area contributed by atoms with Crippen LogP contribution in [0.25, 0.3) is 0 Å². The summed E-state index contributed by atoms with van der Waals surface area (Å²) in [5.41, 5.74) is 4.92. The number of rotatable bonds is 1. The smallest absolute Gasteiger partial charge is 0.256 e. The van der Waals surface area contributed by atoms with E-state index in [1.54, 1.807) is 0 Å². The zero-order valence-corrected chi connectivity index (χ0v) is 4.31. The van der Waals surface area contributed by atoms with E-state index in [9.17, 15) is 0 Å². The second-order valence-electron chi connectivity index (χ2n) is 1.31. The van der Waals surface area contributed by atoms with Gasteiger partial charge in [-0.1, -0.05) is 4.85 Å². The predicted molar refractivity (Wildman–Crippen MR) is 26.0 cm³/mol. The fourth-order valence-electron chi connectivity index (χ4n) is 0.344. The van der Waals surface area contributed by atoms with Crippen LogP contribution < -0.4 is 5.73 Å². The van der Waals surface area contributed by atoms with Crippen molar-refractivity contribution in [2.24, 2.45) is 5.73 Å². The number of hydrogen-bond donors (Lipinski definition) is 3. The van der Waals surface area contributed by atoms with Gasteiger partial charge in [-0.25, -0.2) is 0 Å². The third kappa shape index (κ3) is 0.784. The number of tetrazole rings is 1. The van der Waals surface area contributed by atoms with E-state index in [0.29, 0.717) is 4.85 Å². The quantitative estimate of drug-likeness (QED) is 0.234. The molecule has 0 aliphatic rings. The number of amidine groups is 1. The molecule has 4 N–H and O–H groups in total. The lowest BCUT2D eigenvalue weighted by Crippen LogP contribution is -2.17. The van der Waals surface area contributed by atoms with Crippen molar-refractivity contribution in [1.29, 1.82) is 5.41 Å². The van der Waals surface area contributed by atoms with Gasteiger partial charge in [-0.15, -0.1) is 5.10 Å². The van der Waals surface area contributed by atoms with E-state index in [1.165, 1.54) is 0 Å². The molecular formula is C2H4N6O. The summed E-state index contributed by atoms with van der Waals surface area (Å²) in [5, 5.41) is 24.6. The molecule has 9 heavy (non-hydrogen) atoms. The van der Waals surface area contributed by atoms with Crippen LogP contribution in [0.1, 0.15) is 5.82 Å². The fraction of sp³-hybridized carbons (Fsp3) is 0. The third-order valence-corrected chi connectivity index (χ3v) is 0.695. The lowest BCUT2D eigenvalue weighted by Gasteiger charge is -1.88. The van der Waals surface area contributed by atoms with E-state index in [-0.39, 0.29) is 11.7 Å². The molecule has 0 amide bonds. The molecule has 0 spiro atoms. The van der Waals surface area contributed by atoms with Gasteiger partial charge in [0.1, 0.15) is 0 Å². The van der Waals surface area contributed by atoms with Crippen LogP contribution in [-0.4, -0.2) is 31.4 Å². The molecule has 7 heteroatoms. The molecule has 0 atom stereocenters. The first kappa shape index (κ1) is 5.48. The maximum Gasteiger partial charge on any atom is 0.256 e. The molecular weight excluding hydrogens is 124 g/mol. The molecule has 7 nitrogen and oxygen atoms in total. The first-order valence-corrected chi connectivity index (χ1v) is 2.04. The first-order chi connectivity index (χ1) is 4.22. The van der Waals surface area contributed by atoms with Crippen LogP contribution in [0.2, 0.25) is 0 Å².